The van der Waals surface area contributed by atoms with Gasteiger partial charge in [0.2, 0.25) is 0 Å². The van der Waals surface area contributed by atoms with Gasteiger partial charge in [0, 0.05) is 17.5 Å². The van der Waals surface area contributed by atoms with Crippen LogP contribution in [0.15, 0.2) is 33.5 Å². The maximum atomic E-state index is 11.2. The predicted molar refractivity (Wildman–Crippen MR) is 57.7 cm³/mol. The van der Waals surface area contributed by atoms with Crippen LogP contribution in [0, 0.1) is 6.92 Å². The lowest BCUT2D eigenvalue weighted by Crippen LogP contribution is -2.28. The van der Waals surface area contributed by atoms with Gasteiger partial charge in [-0.3, -0.25) is 0 Å². The van der Waals surface area contributed by atoms with Gasteiger partial charge in [-0.05, 0) is 24.6 Å². The van der Waals surface area contributed by atoms with Crippen molar-refractivity contribution in [3.63, 3.8) is 0 Å². The van der Waals surface area contributed by atoms with Crippen molar-refractivity contribution in [3.05, 3.63) is 40.2 Å². The largest absolute Gasteiger partial charge is 0.546 e. The Morgan fingerprint density at radius 1 is 1.41 bits per heavy atom. The van der Waals surface area contributed by atoms with Crippen LogP contribution in [0.2, 0.25) is 0 Å². The van der Waals surface area contributed by atoms with Crippen LogP contribution in [-0.2, 0) is 4.79 Å². The van der Waals surface area contributed by atoms with E-state index in [4.69, 9.17) is 9.15 Å². The van der Waals surface area contributed by atoms with Crippen LogP contribution in [-0.4, -0.2) is 12.6 Å². The Morgan fingerprint density at radius 2 is 2.18 bits per heavy atom. The van der Waals surface area contributed by atoms with Gasteiger partial charge in [0.1, 0.15) is 17.9 Å². The molecule has 0 spiro atoms. The van der Waals surface area contributed by atoms with Gasteiger partial charge in [-0.15, -0.1) is 0 Å². The van der Waals surface area contributed by atoms with Crippen LogP contribution in [0.5, 0.6) is 5.75 Å². The van der Waals surface area contributed by atoms with E-state index in [9.17, 15) is 14.7 Å². The lowest BCUT2D eigenvalue weighted by molar-refractivity contribution is -0.307. The summed E-state index contributed by atoms with van der Waals surface area (Å²) in [5.41, 5.74) is 0.709. The van der Waals surface area contributed by atoms with Crippen molar-refractivity contribution in [3.8, 4) is 5.75 Å². The summed E-state index contributed by atoms with van der Waals surface area (Å²) in [7, 11) is 0. The van der Waals surface area contributed by atoms with Crippen LogP contribution < -0.4 is 15.5 Å². The minimum absolute atomic E-state index is 0.315. The van der Waals surface area contributed by atoms with Crippen LogP contribution in [0.1, 0.15) is 5.56 Å². The molecular formula is C12H9O5-. The average molecular weight is 233 g/mol. The highest BCUT2D eigenvalue weighted by atomic mass is 16.5. The van der Waals surface area contributed by atoms with Gasteiger partial charge < -0.3 is 19.1 Å². The summed E-state index contributed by atoms with van der Waals surface area (Å²) in [6, 6.07) is 6.19. The summed E-state index contributed by atoms with van der Waals surface area (Å²) < 4.78 is 9.92. The van der Waals surface area contributed by atoms with Crippen molar-refractivity contribution in [1.82, 2.24) is 0 Å². The third kappa shape index (κ3) is 2.44. The summed E-state index contributed by atoms with van der Waals surface area (Å²) >= 11 is 0. The van der Waals surface area contributed by atoms with Gasteiger partial charge in [-0.1, -0.05) is 0 Å². The van der Waals surface area contributed by atoms with Crippen molar-refractivity contribution in [1.29, 1.82) is 0 Å². The number of hydrogen-bond acceptors (Lipinski definition) is 5. The Bertz CT molecular complexity index is 626. The maximum absolute atomic E-state index is 11.2. The summed E-state index contributed by atoms with van der Waals surface area (Å²) in [5, 5.41) is 11.0. The minimum Gasteiger partial charge on any atom is -0.546 e. The van der Waals surface area contributed by atoms with Crippen molar-refractivity contribution in [2.75, 3.05) is 6.61 Å². The Kier molecular flexibility index (Phi) is 2.82. The zero-order valence-corrected chi connectivity index (χ0v) is 9.06. The van der Waals surface area contributed by atoms with E-state index in [0.29, 0.717) is 11.3 Å². The van der Waals surface area contributed by atoms with Crippen LogP contribution in [0.4, 0.5) is 0 Å². The SMILES string of the molecule is Cc1cc(=O)oc2cc(OCC(=O)[O-])ccc12. The molecule has 0 unspecified atom stereocenters. The molecule has 17 heavy (non-hydrogen) atoms. The summed E-state index contributed by atoms with van der Waals surface area (Å²) in [5.74, 6) is -0.994. The molecule has 0 N–H and O–H groups in total. The normalized spacial score (nSPS) is 10.4. The average Bonchev–Trinajstić information content (AvgIpc) is 2.25. The second-order valence-electron chi connectivity index (χ2n) is 3.57. The number of carbonyl (C=O) groups is 1. The van der Waals surface area contributed by atoms with Gasteiger partial charge in [-0.2, -0.15) is 0 Å². The first-order chi connectivity index (χ1) is 8.06. The molecule has 88 valence electrons. The maximum Gasteiger partial charge on any atom is 0.336 e. The molecule has 2 rings (SSSR count). The van der Waals surface area contributed by atoms with Crippen LogP contribution >= 0.6 is 0 Å². The van der Waals surface area contributed by atoms with Crippen LogP contribution in [0.25, 0.3) is 11.0 Å². The first-order valence-corrected chi connectivity index (χ1v) is 4.93. The fourth-order valence-electron chi connectivity index (χ4n) is 1.54. The number of carboxylic acid groups (broad SMARTS) is 1. The number of carbonyl (C=O) groups excluding carboxylic acids is 1. The quantitative estimate of drug-likeness (QED) is 0.709. The van der Waals surface area contributed by atoms with Gasteiger partial charge in [0.15, 0.2) is 0 Å². The molecule has 0 saturated heterocycles. The molecule has 0 bridgehead atoms. The fraction of sp³-hybridized carbons (Fsp3) is 0.167. The number of ether oxygens (including phenoxy) is 1. The first-order valence-electron chi connectivity index (χ1n) is 4.93. The number of aryl methyl sites for hydroxylation is 1. The summed E-state index contributed by atoms with van der Waals surface area (Å²) in [4.78, 5) is 21.4. The Balaban J connectivity index is 2.43. The van der Waals surface area contributed by atoms with Gasteiger partial charge in [0.25, 0.3) is 0 Å². The number of aliphatic carboxylic acids is 1. The topological polar surface area (TPSA) is 79.6 Å². The zero-order chi connectivity index (χ0) is 12.4. The van der Waals surface area contributed by atoms with E-state index in [-0.39, 0.29) is 0 Å². The molecule has 0 aliphatic rings. The highest BCUT2D eigenvalue weighted by molar-refractivity contribution is 5.81. The van der Waals surface area contributed by atoms with E-state index in [2.05, 4.69) is 0 Å². The molecular weight excluding hydrogens is 224 g/mol. The first kappa shape index (κ1) is 11.2. The molecule has 0 atom stereocenters. The third-order valence-corrected chi connectivity index (χ3v) is 2.28. The molecule has 0 amide bonds. The van der Waals surface area contributed by atoms with Gasteiger partial charge >= 0.3 is 5.63 Å². The second-order valence-corrected chi connectivity index (χ2v) is 3.57. The number of rotatable bonds is 3. The number of benzene rings is 1. The predicted octanol–water partition coefficient (Wildman–Crippen LogP) is 0.230. The van der Waals surface area contributed by atoms with E-state index < -0.39 is 18.2 Å². The van der Waals surface area contributed by atoms with E-state index >= 15 is 0 Å². The molecule has 1 aromatic heterocycles. The Hall–Kier alpha value is -2.30. The smallest absolute Gasteiger partial charge is 0.336 e. The van der Waals surface area contributed by atoms with E-state index in [1.54, 1.807) is 19.1 Å². The Labute approximate surface area is 96.2 Å². The van der Waals surface area contributed by atoms with Crippen molar-refractivity contribution >= 4 is 16.9 Å². The van der Waals surface area contributed by atoms with Crippen molar-refractivity contribution in [2.24, 2.45) is 0 Å². The highest BCUT2D eigenvalue weighted by Crippen LogP contribution is 2.21. The molecule has 1 aromatic carbocycles. The van der Waals surface area contributed by atoms with E-state index in [1.165, 1.54) is 12.1 Å². The molecule has 0 aliphatic carbocycles. The molecule has 1 heterocycles. The number of carboxylic acids is 1. The molecule has 5 heteroatoms. The fourth-order valence-corrected chi connectivity index (χ4v) is 1.54. The number of hydrogen-bond donors (Lipinski definition) is 0. The van der Waals surface area contributed by atoms with Crippen molar-refractivity contribution < 1.29 is 19.1 Å². The molecule has 0 fully saturated rings. The van der Waals surface area contributed by atoms with Gasteiger partial charge in [0.05, 0.1) is 5.97 Å². The van der Waals surface area contributed by atoms with E-state index in [1.807, 2.05) is 0 Å². The number of fused-ring (bicyclic) bond motifs is 1. The zero-order valence-electron chi connectivity index (χ0n) is 9.06. The molecule has 0 aliphatic heterocycles. The lowest BCUT2D eigenvalue weighted by atomic mass is 10.1. The van der Waals surface area contributed by atoms with E-state index in [0.717, 1.165) is 10.9 Å². The Morgan fingerprint density at radius 3 is 2.88 bits per heavy atom. The highest BCUT2D eigenvalue weighted by Gasteiger charge is 2.03. The third-order valence-electron chi connectivity index (χ3n) is 2.28. The molecule has 5 nitrogen and oxygen atoms in total. The monoisotopic (exact) mass is 233 g/mol. The lowest BCUT2D eigenvalue weighted by Gasteiger charge is -2.07. The van der Waals surface area contributed by atoms with Crippen molar-refractivity contribution in [2.45, 2.75) is 6.92 Å². The molecule has 0 saturated carbocycles. The standard InChI is InChI=1S/C12H10O5/c1-7-4-12(15)17-10-5-8(2-3-9(7)10)16-6-11(13)14/h2-5H,6H2,1H3,(H,13,14)/p-1. The summed E-state index contributed by atoms with van der Waals surface area (Å²) in [6.45, 7) is 1.25. The molecule has 0 radical (unpaired) electrons. The molecule has 2 aromatic rings. The van der Waals surface area contributed by atoms with Crippen LogP contribution in [0.3, 0.4) is 0 Å². The minimum atomic E-state index is -1.31. The second kappa shape index (κ2) is 4.29. The summed E-state index contributed by atoms with van der Waals surface area (Å²) in [6.07, 6.45) is 0. The van der Waals surface area contributed by atoms with Gasteiger partial charge in [-0.25, -0.2) is 4.79 Å².